The number of carbonyl (C=O) groups is 2. The van der Waals surface area contributed by atoms with Gasteiger partial charge in [-0.25, -0.2) is 0 Å². The van der Waals surface area contributed by atoms with Gasteiger partial charge in [-0.1, -0.05) is 48.0 Å². The number of halogens is 1. The summed E-state index contributed by atoms with van der Waals surface area (Å²) in [6, 6.07) is 14.9. The fraction of sp³-hybridized carbons (Fsp3) is 0.364. The predicted molar refractivity (Wildman–Crippen MR) is 111 cm³/mol. The Bertz CT molecular complexity index is 836. The Hall–Kier alpha value is -2.37. The molecule has 2 aromatic carbocycles. The van der Waals surface area contributed by atoms with Crippen LogP contribution in [0.4, 0.5) is 0 Å². The molecule has 3 atom stereocenters. The molecule has 1 aliphatic heterocycles. The quantitative estimate of drug-likeness (QED) is 0.784. The summed E-state index contributed by atoms with van der Waals surface area (Å²) >= 11 is 6.09. The lowest BCUT2D eigenvalue weighted by atomic mass is 9.96. The summed E-state index contributed by atoms with van der Waals surface area (Å²) in [5, 5.41) is 3.60. The summed E-state index contributed by atoms with van der Waals surface area (Å²) < 4.78 is 0. The fourth-order valence-corrected chi connectivity index (χ4v) is 4.25. The number of nitrogens with zero attached hydrogens (tertiary/aromatic N) is 1. The first-order valence-electron chi connectivity index (χ1n) is 9.49. The number of amides is 2. The van der Waals surface area contributed by atoms with E-state index in [0.717, 1.165) is 11.1 Å². The van der Waals surface area contributed by atoms with E-state index in [1.54, 1.807) is 0 Å². The molecular weight excluding hydrogens is 374 g/mol. The molecule has 0 spiro atoms. The van der Waals surface area contributed by atoms with Gasteiger partial charge in [-0.3, -0.25) is 14.5 Å². The van der Waals surface area contributed by atoms with E-state index in [0.29, 0.717) is 24.5 Å². The first-order valence-corrected chi connectivity index (χ1v) is 9.86. The summed E-state index contributed by atoms with van der Waals surface area (Å²) in [5.74, 6) is -0.328. The lowest BCUT2D eigenvalue weighted by molar-refractivity contribution is -0.129. The minimum atomic E-state index is -0.452. The predicted octanol–water partition coefficient (Wildman–Crippen LogP) is 3.00. The first kappa shape index (κ1) is 20.4. The van der Waals surface area contributed by atoms with E-state index in [1.807, 2.05) is 55.1 Å². The molecule has 148 valence electrons. The Morgan fingerprint density at radius 3 is 2.61 bits per heavy atom. The molecule has 0 aromatic heterocycles. The number of nitrogens with two attached hydrogens (primary N) is 1. The molecule has 1 saturated heterocycles. The number of carbonyl (C=O) groups excluding carboxylic acids is 2. The molecule has 0 bridgehead atoms. The first-order chi connectivity index (χ1) is 13.3. The minimum absolute atomic E-state index is 0.127. The van der Waals surface area contributed by atoms with Crippen molar-refractivity contribution in [3.63, 3.8) is 0 Å². The number of nitrogens with one attached hydrogen (secondary N) is 1. The Morgan fingerprint density at radius 2 is 1.96 bits per heavy atom. The summed E-state index contributed by atoms with van der Waals surface area (Å²) in [6.45, 7) is 4.80. The number of hydrogen-bond donors (Lipinski definition) is 2. The lowest BCUT2D eigenvalue weighted by Gasteiger charge is -2.28. The second-order valence-corrected chi connectivity index (χ2v) is 7.93. The van der Waals surface area contributed by atoms with E-state index in [9.17, 15) is 9.59 Å². The SMILES string of the molecule is Cc1cc(Cl)cc(CNC(=O)[C@H](C)N2CC(c3ccccc3)CC2C(N)=O)c1. The lowest BCUT2D eigenvalue weighted by Crippen LogP contribution is -2.51. The van der Waals surface area contributed by atoms with Crippen molar-refractivity contribution >= 4 is 23.4 Å². The zero-order chi connectivity index (χ0) is 20.3. The molecule has 3 N–H and O–H groups in total. The summed E-state index contributed by atoms with van der Waals surface area (Å²) in [4.78, 5) is 26.7. The number of primary amides is 1. The average molecular weight is 400 g/mol. The maximum Gasteiger partial charge on any atom is 0.237 e. The van der Waals surface area contributed by atoms with Gasteiger partial charge in [0.05, 0.1) is 12.1 Å². The molecule has 3 rings (SSSR count). The van der Waals surface area contributed by atoms with Crippen LogP contribution in [-0.4, -0.2) is 35.3 Å². The van der Waals surface area contributed by atoms with Gasteiger partial charge in [0, 0.05) is 18.1 Å². The van der Waals surface area contributed by atoms with Crippen molar-refractivity contribution in [2.75, 3.05) is 6.54 Å². The van der Waals surface area contributed by atoms with Crippen molar-refractivity contribution in [2.45, 2.75) is 44.8 Å². The van der Waals surface area contributed by atoms with Crippen LogP contribution in [0.5, 0.6) is 0 Å². The third kappa shape index (κ3) is 4.72. The molecule has 1 aliphatic rings. The summed E-state index contributed by atoms with van der Waals surface area (Å²) in [5.41, 5.74) is 8.79. The standard InChI is InChI=1S/C22H26ClN3O2/c1-14-8-16(10-19(23)9-14)12-25-22(28)15(2)26-13-18(11-20(26)21(24)27)17-6-4-3-5-7-17/h3-10,15,18,20H,11-13H2,1-2H3,(H2,24,27)(H,25,28)/t15-,18?,20?/m0/s1. The van der Waals surface area contributed by atoms with Gasteiger partial charge < -0.3 is 11.1 Å². The molecule has 1 fully saturated rings. The summed E-state index contributed by atoms with van der Waals surface area (Å²) in [6.07, 6.45) is 0.629. The van der Waals surface area contributed by atoms with Crippen LogP contribution in [0.3, 0.4) is 0 Å². The molecule has 0 radical (unpaired) electrons. The van der Waals surface area contributed by atoms with Crippen LogP contribution in [0.25, 0.3) is 0 Å². The highest BCUT2D eigenvalue weighted by molar-refractivity contribution is 6.30. The van der Waals surface area contributed by atoms with Gasteiger partial charge in [-0.15, -0.1) is 0 Å². The number of aryl methyl sites for hydroxylation is 1. The van der Waals surface area contributed by atoms with Gasteiger partial charge in [-0.2, -0.15) is 0 Å². The van der Waals surface area contributed by atoms with Gasteiger partial charge >= 0.3 is 0 Å². The van der Waals surface area contributed by atoms with Crippen LogP contribution in [0.2, 0.25) is 5.02 Å². The third-order valence-electron chi connectivity index (χ3n) is 5.38. The Labute approximate surface area is 170 Å². The fourth-order valence-electron chi connectivity index (χ4n) is 3.94. The van der Waals surface area contributed by atoms with Crippen molar-refractivity contribution in [3.8, 4) is 0 Å². The highest BCUT2D eigenvalue weighted by Gasteiger charge is 2.40. The van der Waals surface area contributed by atoms with Crippen molar-refractivity contribution in [2.24, 2.45) is 5.73 Å². The monoisotopic (exact) mass is 399 g/mol. The Balaban J connectivity index is 1.67. The van der Waals surface area contributed by atoms with Crippen LogP contribution in [0.15, 0.2) is 48.5 Å². The summed E-state index contributed by atoms with van der Waals surface area (Å²) in [7, 11) is 0. The molecule has 5 nitrogen and oxygen atoms in total. The van der Waals surface area contributed by atoms with E-state index >= 15 is 0 Å². The van der Waals surface area contributed by atoms with Crippen LogP contribution < -0.4 is 11.1 Å². The van der Waals surface area contributed by atoms with E-state index < -0.39 is 12.1 Å². The Kier molecular flexibility index (Phi) is 6.37. The topological polar surface area (TPSA) is 75.4 Å². The zero-order valence-corrected chi connectivity index (χ0v) is 16.9. The van der Waals surface area contributed by atoms with Gasteiger partial charge in [0.2, 0.25) is 11.8 Å². The maximum absolute atomic E-state index is 12.7. The van der Waals surface area contributed by atoms with Crippen molar-refractivity contribution < 1.29 is 9.59 Å². The molecule has 1 heterocycles. The van der Waals surface area contributed by atoms with Crippen molar-refractivity contribution in [1.82, 2.24) is 10.2 Å². The van der Waals surface area contributed by atoms with E-state index in [4.69, 9.17) is 17.3 Å². The zero-order valence-electron chi connectivity index (χ0n) is 16.2. The van der Waals surface area contributed by atoms with Gasteiger partial charge in [-0.05, 0) is 55.0 Å². The van der Waals surface area contributed by atoms with Crippen LogP contribution in [0.1, 0.15) is 36.0 Å². The van der Waals surface area contributed by atoms with Crippen molar-refractivity contribution in [1.29, 1.82) is 0 Å². The highest BCUT2D eigenvalue weighted by Crippen LogP contribution is 2.33. The molecule has 0 aliphatic carbocycles. The van der Waals surface area contributed by atoms with Gasteiger partial charge in [0.1, 0.15) is 0 Å². The number of hydrogen-bond acceptors (Lipinski definition) is 3. The molecule has 2 aromatic rings. The van der Waals surface area contributed by atoms with Crippen LogP contribution in [0, 0.1) is 6.92 Å². The van der Waals surface area contributed by atoms with Crippen molar-refractivity contribution in [3.05, 3.63) is 70.2 Å². The van der Waals surface area contributed by atoms with E-state index in [-0.39, 0.29) is 17.7 Å². The van der Waals surface area contributed by atoms with Gasteiger partial charge in [0.15, 0.2) is 0 Å². The smallest absolute Gasteiger partial charge is 0.237 e. The van der Waals surface area contributed by atoms with Crippen LogP contribution >= 0.6 is 11.6 Å². The number of likely N-dealkylation sites (tertiary alicyclic amines) is 1. The van der Waals surface area contributed by atoms with Crippen LogP contribution in [-0.2, 0) is 16.1 Å². The third-order valence-corrected chi connectivity index (χ3v) is 5.60. The van der Waals surface area contributed by atoms with E-state index in [2.05, 4.69) is 17.4 Å². The second-order valence-electron chi connectivity index (χ2n) is 7.49. The average Bonchev–Trinajstić information content (AvgIpc) is 3.11. The second kappa shape index (κ2) is 8.76. The van der Waals surface area contributed by atoms with E-state index in [1.165, 1.54) is 5.56 Å². The number of benzene rings is 2. The normalized spacial score (nSPS) is 20.7. The largest absolute Gasteiger partial charge is 0.368 e. The van der Waals surface area contributed by atoms with Gasteiger partial charge in [0.25, 0.3) is 0 Å². The molecule has 6 heteroatoms. The molecule has 2 unspecified atom stereocenters. The maximum atomic E-state index is 12.7. The molecule has 2 amide bonds. The highest BCUT2D eigenvalue weighted by atomic mass is 35.5. The Morgan fingerprint density at radius 1 is 1.25 bits per heavy atom. The molecular formula is C22H26ClN3O2. The molecule has 28 heavy (non-hydrogen) atoms. The molecule has 0 saturated carbocycles. The minimum Gasteiger partial charge on any atom is -0.368 e. The number of rotatable bonds is 6.